The lowest BCUT2D eigenvalue weighted by Gasteiger charge is -2.21. The van der Waals surface area contributed by atoms with Crippen LogP contribution in [-0.4, -0.2) is 22.8 Å². The first-order valence-electron chi connectivity index (χ1n) is 3.59. The third kappa shape index (κ3) is 2.05. The minimum absolute atomic E-state index is 0.314. The van der Waals surface area contributed by atoms with Crippen LogP contribution in [0.25, 0.3) is 0 Å². The van der Waals surface area contributed by atoms with Crippen LogP contribution in [0.5, 0.6) is 0 Å². The van der Waals surface area contributed by atoms with Crippen molar-refractivity contribution in [1.29, 1.82) is 0 Å². The second-order valence-electron chi connectivity index (χ2n) is 3.04. The molecule has 0 saturated heterocycles. The summed E-state index contributed by atoms with van der Waals surface area (Å²) in [4.78, 5) is 10.6. The number of rotatable bonds is 1. The highest BCUT2D eigenvalue weighted by Gasteiger charge is 2.31. The molecule has 1 aliphatic carbocycles. The van der Waals surface area contributed by atoms with Crippen molar-refractivity contribution in [1.82, 2.24) is 0 Å². The molecule has 2 atom stereocenters. The molecule has 0 bridgehead atoms. The van der Waals surface area contributed by atoms with Gasteiger partial charge in [0.05, 0.1) is 6.10 Å². The van der Waals surface area contributed by atoms with E-state index in [-0.39, 0.29) is 5.97 Å². The Morgan fingerprint density at radius 3 is 2.82 bits per heavy atom. The van der Waals surface area contributed by atoms with Gasteiger partial charge in [-0.05, 0) is 13.0 Å². The topological polar surface area (TPSA) is 46.5 Å². The number of esters is 1. The molecule has 3 heteroatoms. The van der Waals surface area contributed by atoms with Gasteiger partial charge < -0.3 is 9.84 Å². The summed E-state index contributed by atoms with van der Waals surface area (Å²) in [5, 5.41) is 9.10. The van der Waals surface area contributed by atoms with Crippen LogP contribution in [0.1, 0.15) is 20.3 Å². The van der Waals surface area contributed by atoms with Gasteiger partial charge in [0.25, 0.3) is 0 Å². The third-order valence-corrected chi connectivity index (χ3v) is 1.66. The van der Waals surface area contributed by atoms with Crippen molar-refractivity contribution in [3.05, 3.63) is 12.2 Å². The minimum atomic E-state index is -0.592. The highest BCUT2D eigenvalue weighted by molar-refractivity contribution is 5.66. The van der Waals surface area contributed by atoms with Gasteiger partial charge >= 0.3 is 5.97 Å². The molecule has 0 saturated carbocycles. The van der Waals surface area contributed by atoms with E-state index in [0.717, 1.165) is 0 Å². The molecular weight excluding hydrogens is 144 g/mol. The molecule has 0 heterocycles. The fourth-order valence-corrected chi connectivity index (χ4v) is 1.27. The molecule has 0 aliphatic heterocycles. The maximum atomic E-state index is 10.6. The lowest BCUT2D eigenvalue weighted by molar-refractivity contribution is -0.151. The second-order valence-corrected chi connectivity index (χ2v) is 3.04. The second kappa shape index (κ2) is 2.66. The first-order chi connectivity index (χ1) is 5.02. The van der Waals surface area contributed by atoms with Crippen LogP contribution in [0, 0.1) is 0 Å². The molecule has 1 rings (SSSR count). The van der Waals surface area contributed by atoms with Gasteiger partial charge in [-0.15, -0.1) is 0 Å². The predicted octanol–water partition coefficient (Wildman–Crippen LogP) is 0.629. The van der Waals surface area contributed by atoms with Crippen LogP contribution in [0.3, 0.4) is 0 Å². The van der Waals surface area contributed by atoms with Crippen LogP contribution >= 0.6 is 0 Å². The van der Waals surface area contributed by atoms with E-state index in [1.54, 1.807) is 19.1 Å². The summed E-state index contributed by atoms with van der Waals surface area (Å²) < 4.78 is 4.98. The van der Waals surface area contributed by atoms with E-state index in [4.69, 9.17) is 9.84 Å². The predicted molar refractivity (Wildman–Crippen MR) is 39.9 cm³/mol. The van der Waals surface area contributed by atoms with E-state index in [0.29, 0.717) is 6.42 Å². The van der Waals surface area contributed by atoms with Crippen LogP contribution < -0.4 is 0 Å². The number of hydrogen-bond acceptors (Lipinski definition) is 3. The fourth-order valence-electron chi connectivity index (χ4n) is 1.27. The number of carbonyl (C=O) groups is 1. The third-order valence-electron chi connectivity index (χ3n) is 1.66. The van der Waals surface area contributed by atoms with E-state index >= 15 is 0 Å². The molecule has 2 unspecified atom stereocenters. The van der Waals surface area contributed by atoms with Gasteiger partial charge in [-0.1, -0.05) is 6.08 Å². The maximum absolute atomic E-state index is 10.6. The lowest BCUT2D eigenvalue weighted by atomic mass is 10.1. The molecule has 3 nitrogen and oxygen atoms in total. The summed E-state index contributed by atoms with van der Waals surface area (Å²) in [5.74, 6) is -0.314. The van der Waals surface area contributed by atoms with Gasteiger partial charge in [0, 0.05) is 13.3 Å². The zero-order chi connectivity index (χ0) is 8.48. The molecule has 11 heavy (non-hydrogen) atoms. The van der Waals surface area contributed by atoms with Crippen molar-refractivity contribution < 1.29 is 14.6 Å². The Labute approximate surface area is 65.7 Å². The zero-order valence-corrected chi connectivity index (χ0v) is 6.70. The molecule has 0 aromatic carbocycles. The zero-order valence-electron chi connectivity index (χ0n) is 6.70. The van der Waals surface area contributed by atoms with Crippen molar-refractivity contribution >= 4 is 5.97 Å². The molecular formula is C8H12O3. The Balaban J connectivity index is 2.56. The van der Waals surface area contributed by atoms with Crippen LogP contribution in [0.2, 0.25) is 0 Å². The van der Waals surface area contributed by atoms with E-state index in [1.165, 1.54) is 6.92 Å². The van der Waals surface area contributed by atoms with E-state index in [2.05, 4.69) is 0 Å². The number of aliphatic hydroxyl groups excluding tert-OH is 1. The maximum Gasteiger partial charge on any atom is 0.303 e. The van der Waals surface area contributed by atoms with Gasteiger partial charge in [-0.2, -0.15) is 0 Å². The first-order valence-corrected chi connectivity index (χ1v) is 3.59. The molecule has 0 aromatic heterocycles. The monoisotopic (exact) mass is 156 g/mol. The van der Waals surface area contributed by atoms with Crippen LogP contribution in [-0.2, 0) is 9.53 Å². The quantitative estimate of drug-likeness (QED) is 0.447. The van der Waals surface area contributed by atoms with Crippen molar-refractivity contribution in [3.8, 4) is 0 Å². The molecule has 0 fully saturated rings. The number of aliphatic hydroxyl groups is 1. The van der Waals surface area contributed by atoms with Crippen molar-refractivity contribution in [2.24, 2.45) is 0 Å². The summed E-state index contributed by atoms with van der Waals surface area (Å²) >= 11 is 0. The van der Waals surface area contributed by atoms with Crippen molar-refractivity contribution in [2.75, 3.05) is 0 Å². The molecule has 0 aromatic rings. The summed E-state index contributed by atoms with van der Waals surface area (Å²) in [7, 11) is 0. The van der Waals surface area contributed by atoms with Gasteiger partial charge in [-0.25, -0.2) is 0 Å². The average molecular weight is 156 g/mol. The van der Waals surface area contributed by atoms with E-state index < -0.39 is 11.7 Å². The first kappa shape index (κ1) is 8.27. The molecule has 1 aliphatic rings. The standard InChI is InChI=1S/C8H12O3/c1-6(9)11-8(2)4-3-7(10)5-8/h3-4,7,10H,5H2,1-2H3. The Morgan fingerprint density at radius 2 is 2.45 bits per heavy atom. The van der Waals surface area contributed by atoms with Crippen LogP contribution in [0.4, 0.5) is 0 Å². The number of hydrogen-bond donors (Lipinski definition) is 1. The fraction of sp³-hybridized carbons (Fsp3) is 0.625. The molecule has 0 amide bonds. The number of ether oxygens (including phenoxy) is 1. The molecule has 0 radical (unpaired) electrons. The Bertz CT molecular complexity index is 198. The van der Waals surface area contributed by atoms with Crippen LogP contribution in [0.15, 0.2) is 12.2 Å². The highest BCUT2D eigenvalue weighted by atomic mass is 16.6. The Morgan fingerprint density at radius 1 is 1.82 bits per heavy atom. The highest BCUT2D eigenvalue weighted by Crippen LogP contribution is 2.26. The largest absolute Gasteiger partial charge is 0.455 e. The van der Waals surface area contributed by atoms with Gasteiger partial charge in [-0.3, -0.25) is 4.79 Å². The lowest BCUT2D eigenvalue weighted by Crippen LogP contribution is -2.27. The summed E-state index contributed by atoms with van der Waals surface area (Å²) in [5.41, 5.74) is -0.592. The molecule has 1 N–H and O–H groups in total. The van der Waals surface area contributed by atoms with E-state index in [1.807, 2.05) is 0 Å². The van der Waals surface area contributed by atoms with Gasteiger partial charge in [0.15, 0.2) is 0 Å². The summed E-state index contributed by atoms with van der Waals surface area (Å²) in [6.45, 7) is 3.14. The Kier molecular flexibility index (Phi) is 2.00. The molecule has 0 spiro atoms. The normalized spacial score (nSPS) is 35.7. The van der Waals surface area contributed by atoms with Gasteiger partial charge in [0.2, 0.25) is 0 Å². The van der Waals surface area contributed by atoms with E-state index in [9.17, 15) is 4.79 Å². The summed E-state index contributed by atoms with van der Waals surface area (Å²) in [6, 6.07) is 0. The van der Waals surface area contributed by atoms with Crippen molar-refractivity contribution in [3.63, 3.8) is 0 Å². The van der Waals surface area contributed by atoms with Crippen molar-refractivity contribution in [2.45, 2.75) is 32.0 Å². The minimum Gasteiger partial charge on any atom is -0.455 e. The SMILES string of the molecule is CC(=O)OC1(C)C=CC(O)C1. The average Bonchev–Trinajstić information content (AvgIpc) is 2.08. The Hall–Kier alpha value is -0.830. The smallest absolute Gasteiger partial charge is 0.303 e. The number of carbonyl (C=O) groups excluding carboxylic acids is 1. The summed E-state index contributed by atoms with van der Waals surface area (Å²) in [6.07, 6.45) is 3.36. The molecule has 62 valence electrons. The van der Waals surface area contributed by atoms with Gasteiger partial charge in [0.1, 0.15) is 5.60 Å².